The number of benzene rings is 1. The lowest BCUT2D eigenvalue weighted by Crippen LogP contribution is -2.35. The summed E-state index contributed by atoms with van der Waals surface area (Å²) in [7, 11) is 0. The normalized spacial score (nSPS) is 18.3. The average Bonchev–Trinajstić information content (AvgIpc) is 3.05. The van der Waals surface area contributed by atoms with Crippen molar-refractivity contribution in [2.24, 2.45) is 10.1 Å². The topological polar surface area (TPSA) is 81.8 Å². The lowest BCUT2D eigenvalue weighted by atomic mass is 10.1. The van der Waals surface area contributed by atoms with Gasteiger partial charge in [0.05, 0.1) is 5.57 Å². The minimum atomic E-state index is -0.457. The molecule has 0 bridgehead atoms. The summed E-state index contributed by atoms with van der Waals surface area (Å²) in [5.74, 6) is -0.460. The van der Waals surface area contributed by atoms with Gasteiger partial charge in [0, 0.05) is 23.0 Å². The third kappa shape index (κ3) is 2.99. The molecular weight excluding hydrogens is 358 g/mol. The Balaban J connectivity index is 1.69. The van der Waals surface area contributed by atoms with Crippen molar-refractivity contribution in [1.82, 2.24) is 9.99 Å². The second-order valence-electron chi connectivity index (χ2n) is 5.22. The molecule has 1 aromatic carbocycles. The summed E-state index contributed by atoms with van der Waals surface area (Å²) in [4.78, 5) is 20.5. The van der Waals surface area contributed by atoms with Crippen molar-refractivity contribution in [2.75, 3.05) is 0 Å². The predicted molar refractivity (Wildman–Crippen MR) is 99.8 cm³/mol. The molecule has 2 aliphatic heterocycles. The quantitative estimate of drug-likeness (QED) is 0.825. The Morgan fingerprint density at radius 3 is 2.72 bits per heavy atom. The van der Waals surface area contributed by atoms with Gasteiger partial charge in [-0.3, -0.25) is 15.2 Å². The number of carbonyl (C=O) groups excluding carboxylic acids is 1. The van der Waals surface area contributed by atoms with Crippen LogP contribution in [0.3, 0.4) is 0 Å². The van der Waals surface area contributed by atoms with Gasteiger partial charge in [0.15, 0.2) is 5.84 Å². The first-order valence-electron chi connectivity index (χ1n) is 7.28. The minimum Gasteiger partial charge on any atom is -0.282 e. The van der Waals surface area contributed by atoms with Crippen molar-refractivity contribution in [3.05, 3.63) is 70.5 Å². The summed E-state index contributed by atoms with van der Waals surface area (Å²) in [6.45, 7) is 0. The molecule has 0 saturated carbocycles. The first kappa shape index (κ1) is 15.7. The molecule has 0 atom stereocenters. The van der Waals surface area contributed by atoms with Crippen LogP contribution in [-0.4, -0.2) is 31.9 Å². The number of halogens is 1. The highest BCUT2D eigenvalue weighted by Crippen LogP contribution is 2.30. The number of thioether (sulfide) groups is 1. The van der Waals surface area contributed by atoms with Crippen LogP contribution in [0.5, 0.6) is 0 Å². The van der Waals surface area contributed by atoms with Gasteiger partial charge >= 0.3 is 0 Å². The van der Waals surface area contributed by atoms with E-state index in [2.05, 4.69) is 15.1 Å². The van der Waals surface area contributed by atoms with E-state index < -0.39 is 5.91 Å². The number of nitrogens with one attached hydrogen (secondary N) is 1. The zero-order chi connectivity index (χ0) is 17.4. The molecule has 3 heterocycles. The maximum Gasteiger partial charge on any atom is 0.283 e. The fourth-order valence-electron chi connectivity index (χ4n) is 2.32. The van der Waals surface area contributed by atoms with E-state index in [1.807, 2.05) is 6.07 Å². The van der Waals surface area contributed by atoms with E-state index in [0.717, 1.165) is 11.1 Å². The number of aliphatic imine (C=N–C) groups is 1. The number of hydrazone groups is 1. The molecule has 8 heteroatoms. The first-order valence-corrected chi connectivity index (χ1v) is 8.47. The van der Waals surface area contributed by atoms with Crippen molar-refractivity contribution < 1.29 is 4.79 Å². The van der Waals surface area contributed by atoms with E-state index in [1.165, 1.54) is 16.8 Å². The van der Waals surface area contributed by atoms with Crippen LogP contribution >= 0.6 is 23.4 Å². The van der Waals surface area contributed by atoms with Crippen molar-refractivity contribution >= 4 is 51.4 Å². The zero-order valence-corrected chi connectivity index (χ0v) is 14.3. The van der Waals surface area contributed by atoms with Gasteiger partial charge in [-0.05, 0) is 47.7 Å². The molecule has 0 aliphatic carbocycles. The van der Waals surface area contributed by atoms with Crippen LogP contribution in [0, 0.1) is 5.41 Å². The molecule has 2 aliphatic rings. The second-order valence-corrected chi connectivity index (χ2v) is 6.61. The minimum absolute atomic E-state index is 0.00339. The molecule has 25 heavy (non-hydrogen) atoms. The number of pyridine rings is 1. The molecule has 4 rings (SSSR count). The molecule has 122 valence electrons. The Hall–Kier alpha value is -2.77. The summed E-state index contributed by atoms with van der Waals surface area (Å²) in [6.07, 6.45) is 4.97. The Bertz CT molecular complexity index is 966. The van der Waals surface area contributed by atoms with Crippen LogP contribution in [-0.2, 0) is 4.79 Å². The van der Waals surface area contributed by atoms with Gasteiger partial charge < -0.3 is 0 Å². The van der Waals surface area contributed by atoms with Crippen molar-refractivity contribution in [3.8, 4) is 0 Å². The van der Waals surface area contributed by atoms with Crippen molar-refractivity contribution in [3.63, 3.8) is 0 Å². The summed E-state index contributed by atoms with van der Waals surface area (Å²) in [6, 6.07) is 10.7. The molecule has 0 spiro atoms. The molecule has 6 nitrogen and oxygen atoms in total. The number of fused-ring (bicyclic) bond motifs is 1. The zero-order valence-electron chi connectivity index (χ0n) is 12.7. The first-order chi connectivity index (χ1) is 12.1. The summed E-state index contributed by atoms with van der Waals surface area (Å²) < 4.78 is 0. The molecule has 2 aromatic rings. The van der Waals surface area contributed by atoms with Gasteiger partial charge in [0.25, 0.3) is 5.91 Å². The van der Waals surface area contributed by atoms with Gasteiger partial charge in [0.1, 0.15) is 5.04 Å². The van der Waals surface area contributed by atoms with Gasteiger partial charge in [0.2, 0.25) is 5.17 Å². The fraction of sp³-hybridized carbons (Fsp3) is 0. The molecular formula is C17H10ClN5OS. The van der Waals surface area contributed by atoms with Crippen LogP contribution in [0.4, 0.5) is 0 Å². The number of hydrogen-bond acceptors (Lipinski definition) is 5. The van der Waals surface area contributed by atoms with Crippen molar-refractivity contribution in [1.29, 1.82) is 5.41 Å². The van der Waals surface area contributed by atoms with Crippen LogP contribution in [0.15, 0.2) is 64.5 Å². The number of nitrogens with zero attached hydrogens (tertiary/aromatic N) is 4. The van der Waals surface area contributed by atoms with Gasteiger partial charge in [-0.2, -0.15) is 15.1 Å². The number of amidine groups is 2. The second kappa shape index (κ2) is 6.27. The van der Waals surface area contributed by atoms with Gasteiger partial charge in [-0.25, -0.2) is 0 Å². The number of rotatable bonds is 2. The molecule has 1 N–H and O–H groups in total. The van der Waals surface area contributed by atoms with Crippen LogP contribution in [0.2, 0.25) is 5.02 Å². The molecule has 1 amide bonds. The van der Waals surface area contributed by atoms with E-state index >= 15 is 0 Å². The third-order valence-electron chi connectivity index (χ3n) is 3.54. The maximum atomic E-state index is 12.3. The molecule has 0 saturated heterocycles. The summed E-state index contributed by atoms with van der Waals surface area (Å²) >= 11 is 7.12. The number of aromatic nitrogens is 1. The standard InChI is InChI=1S/C17H10ClN5OS/c18-12-5-3-10(4-6-12)8-13-14(19)23-17(21-15(13)24)25-16(22-23)11-2-1-7-20-9-11/h1-9,19H/b13-8+,19-14?. The Morgan fingerprint density at radius 2 is 2.00 bits per heavy atom. The smallest absolute Gasteiger partial charge is 0.282 e. The molecule has 1 aromatic heterocycles. The highest BCUT2D eigenvalue weighted by molar-refractivity contribution is 8.27. The summed E-state index contributed by atoms with van der Waals surface area (Å²) in [5.41, 5.74) is 1.76. The largest absolute Gasteiger partial charge is 0.283 e. The Kier molecular flexibility index (Phi) is 3.95. The van der Waals surface area contributed by atoms with Crippen molar-refractivity contribution in [2.45, 2.75) is 0 Å². The van der Waals surface area contributed by atoms with Crippen LogP contribution in [0.1, 0.15) is 11.1 Å². The van der Waals surface area contributed by atoms with Crippen LogP contribution < -0.4 is 0 Å². The average molecular weight is 368 g/mol. The lowest BCUT2D eigenvalue weighted by molar-refractivity contribution is -0.114. The van der Waals surface area contributed by atoms with E-state index in [-0.39, 0.29) is 11.4 Å². The van der Waals surface area contributed by atoms with E-state index in [1.54, 1.807) is 48.8 Å². The lowest BCUT2D eigenvalue weighted by Gasteiger charge is -2.20. The third-order valence-corrected chi connectivity index (χ3v) is 4.75. The van der Waals surface area contributed by atoms with E-state index in [9.17, 15) is 4.79 Å². The highest BCUT2D eigenvalue weighted by atomic mass is 35.5. The van der Waals surface area contributed by atoms with Gasteiger partial charge in [-0.1, -0.05) is 23.7 Å². The Labute approximate surface area is 152 Å². The Morgan fingerprint density at radius 1 is 1.20 bits per heavy atom. The fourth-order valence-corrected chi connectivity index (χ4v) is 3.33. The van der Waals surface area contributed by atoms with Crippen LogP contribution in [0.25, 0.3) is 6.08 Å². The van der Waals surface area contributed by atoms with E-state index in [4.69, 9.17) is 17.0 Å². The number of carbonyl (C=O) groups is 1. The number of hydrogen-bond donors (Lipinski definition) is 1. The molecule has 0 unspecified atom stereocenters. The maximum absolute atomic E-state index is 12.3. The molecule has 0 fully saturated rings. The highest BCUT2D eigenvalue weighted by Gasteiger charge is 2.36. The van der Waals surface area contributed by atoms with E-state index in [0.29, 0.717) is 15.2 Å². The summed E-state index contributed by atoms with van der Waals surface area (Å²) in [5, 5.41) is 15.8. The SMILES string of the molecule is N=C1/C(=C\c2ccc(Cl)cc2)C(=O)N=C2SC(c3cccnc3)=NN12. The number of amides is 1. The predicted octanol–water partition coefficient (Wildman–Crippen LogP) is 3.40. The van der Waals surface area contributed by atoms with Gasteiger partial charge in [-0.15, -0.1) is 0 Å². The molecule has 0 radical (unpaired) electrons. The monoisotopic (exact) mass is 367 g/mol.